The molecule has 6 nitrogen and oxygen atoms in total. The Morgan fingerprint density at radius 3 is 2.83 bits per heavy atom. The lowest BCUT2D eigenvalue weighted by Crippen LogP contribution is -2.36. The molecule has 2 unspecified atom stereocenters. The summed E-state index contributed by atoms with van der Waals surface area (Å²) in [6.07, 6.45) is 0.960. The molecule has 2 rings (SSSR count). The third kappa shape index (κ3) is 2.70. The number of hydrogen-bond donors (Lipinski definition) is 1. The van der Waals surface area contributed by atoms with Crippen LogP contribution in [0.1, 0.15) is 46.0 Å². The van der Waals surface area contributed by atoms with Crippen molar-refractivity contribution in [2.24, 2.45) is 5.92 Å². The molecular formula is C12H23N5O. The van der Waals surface area contributed by atoms with Crippen LogP contribution in [0.5, 0.6) is 0 Å². The lowest BCUT2D eigenvalue weighted by molar-refractivity contribution is 0.151. The summed E-state index contributed by atoms with van der Waals surface area (Å²) < 4.78 is 7.41. The highest BCUT2D eigenvalue weighted by atomic mass is 16.5. The van der Waals surface area contributed by atoms with Crippen LogP contribution in [0.25, 0.3) is 0 Å². The molecule has 1 fully saturated rings. The van der Waals surface area contributed by atoms with Crippen LogP contribution in [0.2, 0.25) is 0 Å². The summed E-state index contributed by atoms with van der Waals surface area (Å²) in [7, 11) is 0. The van der Waals surface area contributed by atoms with Crippen LogP contribution >= 0.6 is 0 Å². The summed E-state index contributed by atoms with van der Waals surface area (Å²) in [4.78, 5) is 0. The van der Waals surface area contributed by atoms with Crippen LogP contribution in [-0.4, -0.2) is 40.0 Å². The van der Waals surface area contributed by atoms with Crippen LogP contribution in [0.3, 0.4) is 0 Å². The Bertz CT molecular complexity index is 384. The number of nitrogens with one attached hydrogen (secondary N) is 1. The minimum atomic E-state index is -0.105. The monoisotopic (exact) mass is 253 g/mol. The Morgan fingerprint density at radius 2 is 2.22 bits per heavy atom. The summed E-state index contributed by atoms with van der Waals surface area (Å²) in [6, 6.07) is 0.153. The van der Waals surface area contributed by atoms with E-state index in [9.17, 15) is 0 Å². The molecule has 1 saturated heterocycles. The molecular weight excluding hydrogens is 230 g/mol. The fraction of sp³-hybridized carbons (Fsp3) is 0.917. The SMILES string of the molecule is CC(C)CNC(C)c1nnnn1C1(C)CCOC1. The first-order valence-electron chi connectivity index (χ1n) is 6.63. The molecule has 0 amide bonds. The van der Waals surface area contributed by atoms with E-state index in [0.717, 1.165) is 25.4 Å². The van der Waals surface area contributed by atoms with Gasteiger partial charge in [0.15, 0.2) is 5.82 Å². The van der Waals surface area contributed by atoms with Gasteiger partial charge in [0, 0.05) is 6.61 Å². The first kappa shape index (κ1) is 13.4. The smallest absolute Gasteiger partial charge is 0.168 e. The summed E-state index contributed by atoms with van der Waals surface area (Å²) >= 11 is 0. The zero-order valence-electron chi connectivity index (χ0n) is 11.7. The van der Waals surface area contributed by atoms with Crippen LogP contribution in [0.4, 0.5) is 0 Å². The summed E-state index contributed by atoms with van der Waals surface area (Å²) in [5.41, 5.74) is -0.105. The van der Waals surface area contributed by atoms with Crippen molar-refractivity contribution in [3.63, 3.8) is 0 Å². The Hall–Kier alpha value is -1.01. The average molecular weight is 253 g/mol. The predicted octanol–water partition coefficient (Wildman–Crippen LogP) is 1.12. The third-order valence-corrected chi connectivity index (χ3v) is 3.42. The zero-order valence-corrected chi connectivity index (χ0v) is 11.7. The first-order chi connectivity index (χ1) is 8.53. The number of ether oxygens (including phenoxy) is 1. The second-order valence-corrected chi connectivity index (χ2v) is 5.77. The van der Waals surface area contributed by atoms with E-state index >= 15 is 0 Å². The fourth-order valence-electron chi connectivity index (χ4n) is 2.18. The predicted molar refractivity (Wildman–Crippen MR) is 68.2 cm³/mol. The number of hydrogen-bond acceptors (Lipinski definition) is 5. The second-order valence-electron chi connectivity index (χ2n) is 5.77. The molecule has 2 heterocycles. The van der Waals surface area contributed by atoms with Gasteiger partial charge in [-0.15, -0.1) is 5.10 Å². The van der Waals surface area contributed by atoms with Gasteiger partial charge in [-0.2, -0.15) is 0 Å². The van der Waals surface area contributed by atoms with Gasteiger partial charge in [0.1, 0.15) is 0 Å². The van der Waals surface area contributed by atoms with E-state index in [1.54, 1.807) is 0 Å². The maximum atomic E-state index is 5.48. The number of rotatable bonds is 5. The van der Waals surface area contributed by atoms with E-state index < -0.39 is 0 Å². The van der Waals surface area contributed by atoms with Crippen molar-refractivity contribution in [3.05, 3.63) is 5.82 Å². The summed E-state index contributed by atoms with van der Waals surface area (Å²) in [6.45, 7) is 11.1. The molecule has 0 bridgehead atoms. The van der Waals surface area contributed by atoms with Gasteiger partial charge in [0.05, 0.1) is 18.2 Å². The molecule has 0 aliphatic carbocycles. The highest BCUT2D eigenvalue weighted by molar-refractivity contribution is 4.97. The van der Waals surface area contributed by atoms with Gasteiger partial charge in [-0.3, -0.25) is 0 Å². The zero-order chi connectivity index (χ0) is 13.2. The lowest BCUT2D eigenvalue weighted by Gasteiger charge is -2.25. The molecule has 0 aromatic carbocycles. The van der Waals surface area contributed by atoms with Gasteiger partial charge < -0.3 is 10.1 Å². The number of aromatic nitrogens is 4. The maximum absolute atomic E-state index is 5.48. The molecule has 1 aliphatic heterocycles. The number of nitrogens with zero attached hydrogens (tertiary/aromatic N) is 4. The van der Waals surface area contributed by atoms with E-state index in [1.165, 1.54) is 0 Å². The normalized spacial score (nSPS) is 25.8. The summed E-state index contributed by atoms with van der Waals surface area (Å²) in [5, 5.41) is 15.6. The van der Waals surface area contributed by atoms with Crippen LogP contribution in [-0.2, 0) is 10.3 Å². The molecule has 1 N–H and O–H groups in total. The van der Waals surface area contributed by atoms with Gasteiger partial charge in [0.25, 0.3) is 0 Å². The molecule has 0 spiro atoms. The van der Waals surface area contributed by atoms with Crippen molar-refractivity contribution in [1.29, 1.82) is 0 Å². The van der Waals surface area contributed by atoms with Crippen LogP contribution in [0, 0.1) is 5.92 Å². The fourth-order valence-corrected chi connectivity index (χ4v) is 2.18. The van der Waals surface area contributed by atoms with Gasteiger partial charge >= 0.3 is 0 Å². The quantitative estimate of drug-likeness (QED) is 0.851. The topological polar surface area (TPSA) is 64.9 Å². The minimum absolute atomic E-state index is 0.105. The van der Waals surface area contributed by atoms with Crippen molar-refractivity contribution < 1.29 is 4.74 Å². The largest absolute Gasteiger partial charge is 0.379 e. The Kier molecular flexibility index (Phi) is 3.97. The van der Waals surface area contributed by atoms with Crippen molar-refractivity contribution in [2.45, 2.75) is 45.7 Å². The molecule has 6 heteroatoms. The van der Waals surface area contributed by atoms with Crippen molar-refractivity contribution in [3.8, 4) is 0 Å². The Balaban J connectivity index is 2.12. The van der Waals surface area contributed by atoms with Crippen molar-refractivity contribution >= 4 is 0 Å². The Labute approximate surface area is 108 Å². The lowest BCUT2D eigenvalue weighted by atomic mass is 10.0. The van der Waals surface area contributed by atoms with E-state index in [1.807, 2.05) is 4.68 Å². The van der Waals surface area contributed by atoms with Gasteiger partial charge in [-0.25, -0.2) is 4.68 Å². The molecule has 102 valence electrons. The third-order valence-electron chi connectivity index (χ3n) is 3.42. The highest BCUT2D eigenvalue weighted by Crippen LogP contribution is 2.28. The van der Waals surface area contributed by atoms with Crippen molar-refractivity contribution in [2.75, 3.05) is 19.8 Å². The first-order valence-corrected chi connectivity index (χ1v) is 6.63. The average Bonchev–Trinajstić information content (AvgIpc) is 2.94. The van der Waals surface area contributed by atoms with E-state index in [-0.39, 0.29) is 11.6 Å². The van der Waals surface area contributed by atoms with E-state index in [0.29, 0.717) is 12.5 Å². The van der Waals surface area contributed by atoms with Gasteiger partial charge in [-0.1, -0.05) is 13.8 Å². The summed E-state index contributed by atoms with van der Waals surface area (Å²) in [5.74, 6) is 1.51. The Morgan fingerprint density at radius 1 is 1.44 bits per heavy atom. The second kappa shape index (κ2) is 5.32. The van der Waals surface area contributed by atoms with Crippen LogP contribution in [0.15, 0.2) is 0 Å². The van der Waals surface area contributed by atoms with Crippen molar-refractivity contribution in [1.82, 2.24) is 25.5 Å². The molecule has 0 radical (unpaired) electrons. The molecule has 1 aromatic heterocycles. The number of tetrazole rings is 1. The molecule has 18 heavy (non-hydrogen) atoms. The standard InChI is InChI=1S/C12H23N5O/c1-9(2)7-13-10(3)11-14-15-16-17(11)12(4)5-6-18-8-12/h9-10,13H,5-8H2,1-4H3. The molecule has 1 aromatic rings. The van der Waals surface area contributed by atoms with E-state index in [2.05, 4.69) is 48.5 Å². The molecule has 0 saturated carbocycles. The van der Waals surface area contributed by atoms with Gasteiger partial charge in [0.2, 0.25) is 0 Å². The van der Waals surface area contributed by atoms with E-state index in [4.69, 9.17) is 4.74 Å². The minimum Gasteiger partial charge on any atom is -0.379 e. The molecule has 2 atom stereocenters. The maximum Gasteiger partial charge on any atom is 0.168 e. The van der Waals surface area contributed by atoms with Gasteiger partial charge in [-0.05, 0) is 43.2 Å². The highest BCUT2D eigenvalue weighted by Gasteiger charge is 2.36. The van der Waals surface area contributed by atoms with Crippen LogP contribution < -0.4 is 5.32 Å². The molecule has 1 aliphatic rings.